The van der Waals surface area contributed by atoms with Crippen LogP contribution in [0.5, 0.6) is 0 Å². The van der Waals surface area contributed by atoms with E-state index in [4.69, 9.17) is 4.52 Å². The zero-order chi connectivity index (χ0) is 18.4. The average molecular weight is 377 g/mol. The second kappa shape index (κ2) is 6.31. The second-order valence-electron chi connectivity index (χ2n) is 6.11. The van der Waals surface area contributed by atoms with E-state index >= 15 is 0 Å². The van der Waals surface area contributed by atoms with Gasteiger partial charge in [0.2, 0.25) is 0 Å². The van der Waals surface area contributed by atoms with Gasteiger partial charge < -0.3 is 4.52 Å². The molecule has 0 aliphatic heterocycles. The van der Waals surface area contributed by atoms with Gasteiger partial charge in [-0.3, -0.25) is 4.72 Å². The first-order valence-corrected chi connectivity index (χ1v) is 10.1. The molecule has 0 saturated carbocycles. The normalized spacial score (nSPS) is 11.7. The van der Waals surface area contributed by atoms with Crippen LogP contribution in [0.25, 0.3) is 10.6 Å². The summed E-state index contributed by atoms with van der Waals surface area (Å²) in [6, 6.07) is 7.22. The Kier molecular flexibility index (Phi) is 4.47. The molecule has 0 aliphatic rings. The van der Waals surface area contributed by atoms with Crippen molar-refractivity contribution in [2.45, 2.75) is 39.5 Å². The highest BCUT2D eigenvalue weighted by Crippen LogP contribution is 2.36. The average Bonchev–Trinajstić information content (AvgIpc) is 3.08. The van der Waals surface area contributed by atoms with Crippen molar-refractivity contribution < 1.29 is 12.9 Å². The van der Waals surface area contributed by atoms with E-state index in [1.807, 2.05) is 39.8 Å². The van der Waals surface area contributed by atoms with Gasteiger partial charge in [0, 0.05) is 10.4 Å². The largest absolute Gasteiger partial charge is 0.355 e. The molecule has 7 heteroatoms. The molecule has 0 unspecified atom stereocenters. The fraction of sp³-hybridized carbons (Fsp3) is 0.278. The quantitative estimate of drug-likeness (QED) is 0.713. The number of thiophene rings is 1. The second-order valence-corrected chi connectivity index (χ2v) is 9.01. The van der Waals surface area contributed by atoms with Gasteiger partial charge in [-0.1, -0.05) is 17.3 Å². The SMILES string of the molecule is Cc1cccc(NS(=O)(=O)c2cc(-c3onc(C)c3C)sc2C)c1C. The first-order chi connectivity index (χ1) is 11.7. The molecular weight excluding hydrogens is 356 g/mol. The number of anilines is 1. The van der Waals surface area contributed by atoms with Gasteiger partial charge in [-0.25, -0.2) is 8.42 Å². The van der Waals surface area contributed by atoms with Gasteiger partial charge in [-0.15, -0.1) is 11.3 Å². The third-order valence-corrected chi connectivity index (χ3v) is 7.06. The number of aryl methyl sites for hydroxylation is 3. The Hall–Kier alpha value is -2.12. The Morgan fingerprint density at radius 3 is 2.44 bits per heavy atom. The number of sulfonamides is 1. The van der Waals surface area contributed by atoms with Crippen molar-refractivity contribution in [1.82, 2.24) is 5.16 Å². The van der Waals surface area contributed by atoms with E-state index in [9.17, 15) is 8.42 Å². The van der Waals surface area contributed by atoms with E-state index in [-0.39, 0.29) is 4.90 Å². The molecule has 25 heavy (non-hydrogen) atoms. The van der Waals surface area contributed by atoms with Crippen LogP contribution >= 0.6 is 11.3 Å². The monoisotopic (exact) mass is 376 g/mol. The molecule has 2 aromatic heterocycles. The predicted octanol–water partition coefficient (Wildman–Crippen LogP) is 4.75. The van der Waals surface area contributed by atoms with Crippen molar-refractivity contribution in [2.24, 2.45) is 0 Å². The van der Waals surface area contributed by atoms with Gasteiger partial charge in [0.15, 0.2) is 5.76 Å². The maximum Gasteiger partial charge on any atom is 0.263 e. The summed E-state index contributed by atoms with van der Waals surface area (Å²) in [7, 11) is -3.68. The van der Waals surface area contributed by atoms with E-state index in [1.54, 1.807) is 19.1 Å². The van der Waals surface area contributed by atoms with Crippen molar-refractivity contribution in [1.29, 1.82) is 0 Å². The lowest BCUT2D eigenvalue weighted by Gasteiger charge is -2.11. The Bertz CT molecular complexity index is 1050. The summed E-state index contributed by atoms with van der Waals surface area (Å²) in [5, 5.41) is 3.95. The Balaban J connectivity index is 2.01. The maximum absolute atomic E-state index is 12.9. The van der Waals surface area contributed by atoms with Crippen LogP contribution < -0.4 is 4.72 Å². The Morgan fingerprint density at radius 2 is 1.80 bits per heavy atom. The number of aromatic nitrogens is 1. The highest BCUT2D eigenvalue weighted by Gasteiger charge is 2.23. The number of nitrogens with zero attached hydrogens (tertiary/aromatic N) is 1. The molecule has 1 N–H and O–H groups in total. The molecule has 0 atom stereocenters. The van der Waals surface area contributed by atoms with Crippen LogP contribution in [0.2, 0.25) is 0 Å². The lowest BCUT2D eigenvalue weighted by molar-refractivity contribution is 0.427. The van der Waals surface area contributed by atoms with Crippen molar-refractivity contribution >= 4 is 27.0 Å². The lowest BCUT2D eigenvalue weighted by atomic mass is 10.1. The first kappa shape index (κ1) is 17.7. The summed E-state index contributed by atoms with van der Waals surface area (Å²) >= 11 is 1.39. The predicted molar refractivity (Wildman–Crippen MR) is 101 cm³/mol. The maximum atomic E-state index is 12.9. The van der Waals surface area contributed by atoms with Gasteiger partial charge >= 0.3 is 0 Å². The third kappa shape index (κ3) is 3.21. The van der Waals surface area contributed by atoms with Crippen LogP contribution in [0.1, 0.15) is 27.3 Å². The Labute approximate surface area is 151 Å². The summed E-state index contributed by atoms with van der Waals surface area (Å²) in [5.74, 6) is 0.624. The molecule has 0 bridgehead atoms. The smallest absolute Gasteiger partial charge is 0.263 e. The fourth-order valence-electron chi connectivity index (χ4n) is 2.55. The molecule has 0 saturated heterocycles. The van der Waals surface area contributed by atoms with E-state index < -0.39 is 10.0 Å². The molecule has 0 spiro atoms. The molecule has 1 aromatic carbocycles. The van der Waals surface area contributed by atoms with E-state index in [2.05, 4.69) is 9.88 Å². The number of nitrogens with one attached hydrogen (secondary N) is 1. The van der Waals surface area contributed by atoms with Crippen molar-refractivity contribution in [2.75, 3.05) is 4.72 Å². The molecule has 3 rings (SSSR count). The molecule has 5 nitrogen and oxygen atoms in total. The van der Waals surface area contributed by atoms with Crippen molar-refractivity contribution in [3.8, 4) is 10.6 Å². The van der Waals surface area contributed by atoms with Gasteiger partial charge in [-0.05, 0) is 57.9 Å². The zero-order valence-corrected chi connectivity index (χ0v) is 16.4. The number of hydrogen-bond acceptors (Lipinski definition) is 5. The van der Waals surface area contributed by atoms with E-state index in [1.165, 1.54) is 11.3 Å². The van der Waals surface area contributed by atoms with Crippen LogP contribution in [0.4, 0.5) is 5.69 Å². The minimum Gasteiger partial charge on any atom is -0.355 e. The van der Waals surface area contributed by atoms with Crippen LogP contribution in [0, 0.1) is 34.6 Å². The molecule has 2 heterocycles. The van der Waals surface area contributed by atoms with Crippen molar-refractivity contribution in [3.63, 3.8) is 0 Å². The summed E-state index contributed by atoms with van der Waals surface area (Å²) in [4.78, 5) is 1.74. The molecule has 0 fully saturated rings. The topological polar surface area (TPSA) is 72.2 Å². The minimum atomic E-state index is -3.68. The molecule has 3 aromatic rings. The Morgan fingerprint density at radius 1 is 1.08 bits per heavy atom. The van der Waals surface area contributed by atoms with Gasteiger partial charge in [0.05, 0.1) is 16.3 Å². The fourth-order valence-corrected chi connectivity index (χ4v) is 5.30. The van der Waals surface area contributed by atoms with E-state index in [0.29, 0.717) is 16.3 Å². The van der Waals surface area contributed by atoms with Gasteiger partial charge in [-0.2, -0.15) is 0 Å². The van der Waals surface area contributed by atoms with Crippen LogP contribution in [0.15, 0.2) is 33.7 Å². The zero-order valence-electron chi connectivity index (χ0n) is 14.8. The first-order valence-electron chi connectivity index (χ1n) is 7.83. The van der Waals surface area contributed by atoms with Gasteiger partial charge in [0.25, 0.3) is 10.0 Å². The van der Waals surface area contributed by atoms with Crippen LogP contribution in [0.3, 0.4) is 0 Å². The van der Waals surface area contributed by atoms with Crippen LogP contribution in [-0.2, 0) is 10.0 Å². The lowest BCUT2D eigenvalue weighted by Crippen LogP contribution is -2.14. The molecule has 132 valence electrons. The number of hydrogen-bond donors (Lipinski definition) is 1. The van der Waals surface area contributed by atoms with Crippen molar-refractivity contribution in [3.05, 3.63) is 51.5 Å². The summed E-state index contributed by atoms with van der Waals surface area (Å²) < 4.78 is 33.8. The molecule has 0 amide bonds. The standard InChI is InChI=1S/C18H20N2O3S2/c1-10-7-6-8-15(11(10)2)20-25(21,22)17-9-16(24-14(17)5)18-12(3)13(4)19-23-18/h6-9,20H,1-5H3. The molecule has 0 aliphatic carbocycles. The highest BCUT2D eigenvalue weighted by atomic mass is 32.2. The molecular formula is C18H20N2O3S2. The van der Waals surface area contributed by atoms with Gasteiger partial charge in [0.1, 0.15) is 4.90 Å². The minimum absolute atomic E-state index is 0.266. The highest BCUT2D eigenvalue weighted by molar-refractivity contribution is 7.93. The summed E-state index contributed by atoms with van der Waals surface area (Å²) in [5.41, 5.74) is 4.28. The number of rotatable bonds is 4. The number of benzene rings is 1. The third-order valence-electron chi connectivity index (χ3n) is 4.39. The van der Waals surface area contributed by atoms with Crippen LogP contribution in [-0.4, -0.2) is 13.6 Å². The summed E-state index contributed by atoms with van der Waals surface area (Å²) in [6.07, 6.45) is 0. The van der Waals surface area contributed by atoms with E-state index in [0.717, 1.165) is 27.3 Å². The summed E-state index contributed by atoms with van der Waals surface area (Å²) in [6.45, 7) is 9.43. The molecule has 0 radical (unpaired) electrons.